The minimum absolute atomic E-state index is 0.0509. The van der Waals surface area contributed by atoms with E-state index in [9.17, 15) is 13.2 Å². The Bertz CT molecular complexity index is 524. The number of hydrogen-bond acceptors (Lipinski definition) is 3. The lowest BCUT2D eigenvalue weighted by atomic mass is 10.2. The van der Waals surface area contributed by atoms with Crippen LogP contribution in [-0.2, 0) is 9.84 Å². The maximum absolute atomic E-state index is 11.8. The quantitative estimate of drug-likeness (QED) is 0.896. The first-order valence-corrected chi connectivity index (χ1v) is 7.84. The molecule has 1 aliphatic rings. The van der Waals surface area contributed by atoms with E-state index in [1.54, 1.807) is 24.3 Å². The third kappa shape index (κ3) is 3.29. The normalized spacial score (nSPS) is 22.3. The summed E-state index contributed by atoms with van der Waals surface area (Å²) in [7, 11) is -2.95. The Morgan fingerprint density at radius 3 is 2.47 bits per heavy atom. The summed E-state index contributed by atoms with van der Waals surface area (Å²) in [5.74, 6) is -0.00677. The smallest absolute Gasteiger partial charge is 0.251 e. The van der Waals surface area contributed by atoms with Crippen molar-refractivity contribution in [1.29, 1.82) is 0 Å². The van der Waals surface area contributed by atoms with E-state index in [1.807, 2.05) is 0 Å². The van der Waals surface area contributed by atoms with E-state index >= 15 is 0 Å². The van der Waals surface area contributed by atoms with Crippen LogP contribution in [0.1, 0.15) is 16.8 Å². The van der Waals surface area contributed by atoms with Gasteiger partial charge in [0.1, 0.15) is 0 Å². The van der Waals surface area contributed by atoms with Crippen molar-refractivity contribution in [3.05, 3.63) is 34.3 Å². The van der Waals surface area contributed by atoms with Gasteiger partial charge in [0.05, 0.1) is 11.5 Å². The number of hydrogen-bond donors (Lipinski definition) is 1. The van der Waals surface area contributed by atoms with Gasteiger partial charge in [-0.05, 0) is 30.7 Å². The van der Waals surface area contributed by atoms with Crippen LogP contribution in [0.5, 0.6) is 0 Å². The van der Waals surface area contributed by atoms with Gasteiger partial charge in [-0.2, -0.15) is 0 Å². The van der Waals surface area contributed by atoms with Gasteiger partial charge in [-0.3, -0.25) is 4.79 Å². The molecular weight excluding hydrogens is 306 g/mol. The van der Waals surface area contributed by atoms with Crippen LogP contribution in [0, 0.1) is 0 Å². The molecule has 0 bridgehead atoms. The fourth-order valence-electron chi connectivity index (χ4n) is 1.78. The highest BCUT2D eigenvalue weighted by molar-refractivity contribution is 9.10. The Labute approximate surface area is 108 Å². The van der Waals surface area contributed by atoms with Crippen molar-refractivity contribution < 1.29 is 13.2 Å². The van der Waals surface area contributed by atoms with Crippen molar-refractivity contribution >= 4 is 31.7 Å². The maximum atomic E-state index is 11.8. The second-order valence-corrected chi connectivity index (χ2v) is 7.22. The highest BCUT2D eigenvalue weighted by Crippen LogP contribution is 2.13. The molecule has 92 valence electrons. The highest BCUT2D eigenvalue weighted by atomic mass is 79.9. The predicted molar refractivity (Wildman–Crippen MR) is 68.7 cm³/mol. The van der Waals surface area contributed by atoms with Crippen molar-refractivity contribution in [2.75, 3.05) is 11.5 Å². The molecule has 1 amide bonds. The molecule has 0 spiro atoms. The SMILES string of the molecule is O=C(N[C@@H]1CCS(=O)(=O)C1)c1ccc(Br)cc1. The average molecular weight is 318 g/mol. The summed E-state index contributed by atoms with van der Waals surface area (Å²) in [6, 6.07) is 6.70. The van der Waals surface area contributed by atoms with Gasteiger partial charge in [-0.15, -0.1) is 0 Å². The van der Waals surface area contributed by atoms with E-state index in [1.165, 1.54) is 0 Å². The highest BCUT2D eigenvalue weighted by Gasteiger charge is 2.28. The summed E-state index contributed by atoms with van der Waals surface area (Å²) in [6.45, 7) is 0. The van der Waals surface area contributed by atoms with Crippen LogP contribution in [0.15, 0.2) is 28.7 Å². The lowest BCUT2D eigenvalue weighted by Crippen LogP contribution is -2.35. The van der Waals surface area contributed by atoms with E-state index in [0.717, 1.165) is 4.47 Å². The monoisotopic (exact) mass is 317 g/mol. The van der Waals surface area contributed by atoms with Gasteiger partial charge in [-0.1, -0.05) is 15.9 Å². The molecule has 1 aliphatic heterocycles. The summed E-state index contributed by atoms with van der Waals surface area (Å²) in [5, 5.41) is 2.74. The number of sulfone groups is 1. The van der Waals surface area contributed by atoms with Gasteiger partial charge in [0, 0.05) is 16.1 Å². The maximum Gasteiger partial charge on any atom is 0.251 e. The van der Waals surface area contributed by atoms with E-state index in [0.29, 0.717) is 12.0 Å². The molecule has 0 radical (unpaired) electrons. The first kappa shape index (κ1) is 12.6. The molecule has 0 aromatic heterocycles. The zero-order valence-electron chi connectivity index (χ0n) is 9.02. The van der Waals surface area contributed by atoms with Gasteiger partial charge in [0.15, 0.2) is 9.84 Å². The Hall–Kier alpha value is -0.880. The summed E-state index contributed by atoms with van der Waals surface area (Å²) in [6.07, 6.45) is 0.505. The Kier molecular flexibility index (Phi) is 3.53. The van der Waals surface area contributed by atoms with Gasteiger partial charge >= 0.3 is 0 Å². The second kappa shape index (κ2) is 4.78. The van der Waals surface area contributed by atoms with Crippen molar-refractivity contribution in [1.82, 2.24) is 5.32 Å². The first-order chi connectivity index (χ1) is 7.96. The zero-order valence-corrected chi connectivity index (χ0v) is 11.4. The van der Waals surface area contributed by atoms with Crippen LogP contribution < -0.4 is 5.32 Å². The van der Waals surface area contributed by atoms with Crippen LogP contribution in [0.25, 0.3) is 0 Å². The van der Waals surface area contributed by atoms with Gasteiger partial charge in [0.25, 0.3) is 5.91 Å². The molecule has 4 nitrogen and oxygen atoms in total. The van der Waals surface area contributed by atoms with Crippen molar-refractivity contribution in [2.45, 2.75) is 12.5 Å². The molecule has 1 saturated heterocycles. The summed E-state index contributed by atoms with van der Waals surface area (Å²) in [5.41, 5.74) is 0.539. The number of benzene rings is 1. The largest absolute Gasteiger partial charge is 0.348 e. The Balaban J connectivity index is 2.01. The van der Waals surface area contributed by atoms with Gasteiger partial charge < -0.3 is 5.32 Å². The topological polar surface area (TPSA) is 63.2 Å². The number of carbonyl (C=O) groups is 1. The Morgan fingerprint density at radius 1 is 1.29 bits per heavy atom. The van der Waals surface area contributed by atoms with Gasteiger partial charge in [-0.25, -0.2) is 8.42 Å². The molecule has 2 rings (SSSR count). The van der Waals surface area contributed by atoms with Crippen molar-refractivity contribution in [3.8, 4) is 0 Å². The third-order valence-corrected chi connectivity index (χ3v) is 4.97. The molecule has 0 unspecified atom stereocenters. The van der Waals surface area contributed by atoms with Gasteiger partial charge in [0.2, 0.25) is 0 Å². The summed E-state index contributed by atoms with van der Waals surface area (Å²) < 4.78 is 23.4. The van der Waals surface area contributed by atoms with Crippen LogP contribution in [0.4, 0.5) is 0 Å². The number of amides is 1. The van der Waals surface area contributed by atoms with Crippen LogP contribution in [0.3, 0.4) is 0 Å². The molecular formula is C11H12BrNO3S. The van der Waals surface area contributed by atoms with E-state index in [2.05, 4.69) is 21.2 Å². The van der Waals surface area contributed by atoms with E-state index in [4.69, 9.17) is 0 Å². The Morgan fingerprint density at radius 2 is 1.94 bits per heavy atom. The van der Waals surface area contributed by atoms with Crippen molar-refractivity contribution in [3.63, 3.8) is 0 Å². The second-order valence-electron chi connectivity index (χ2n) is 4.08. The zero-order chi connectivity index (χ0) is 12.5. The molecule has 1 aromatic rings. The molecule has 0 saturated carbocycles. The molecule has 1 heterocycles. The lowest BCUT2D eigenvalue weighted by Gasteiger charge is -2.10. The molecule has 1 fully saturated rings. The summed E-state index contributed by atoms with van der Waals surface area (Å²) in [4.78, 5) is 11.8. The molecule has 17 heavy (non-hydrogen) atoms. The number of carbonyl (C=O) groups excluding carboxylic acids is 1. The van der Waals surface area contributed by atoms with E-state index < -0.39 is 9.84 Å². The lowest BCUT2D eigenvalue weighted by molar-refractivity contribution is 0.0941. The molecule has 6 heteroatoms. The predicted octanol–water partition coefficient (Wildman–Crippen LogP) is 1.37. The first-order valence-electron chi connectivity index (χ1n) is 5.23. The molecule has 1 atom stereocenters. The minimum atomic E-state index is -2.95. The standard InChI is InChI=1S/C11H12BrNO3S/c12-9-3-1-8(2-4-9)11(14)13-10-5-6-17(15,16)7-10/h1-4,10H,5-7H2,(H,13,14)/t10-/m1/s1. The fraction of sp³-hybridized carbons (Fsp3) is 0.364. The fourth-order valence-corrected chi connectivity index (χ4v) is 3.72. The minimum Gasteiger partial charge on any atom is -0.348 e. The van der Waals surface area contributed by atoms with Crippen LogP contribution >= 0.6 is 15.9 Å². The van der Waals surface area contributed by atoms with E-state index in [-0.39, 0.29) is 23.5 Å². The number of nitrogens with one attached hydrogen (secondary N) is 1. The molecule has 1 N–H and O–H groups in total. The summed E-state index contributed by atoms with van der Waals surface area (Å²) >= 11 is 3.29. The van der Waals surface area contributed by atoms with Crippen LogP contribution in [0.2, 0.25) is 0 Å². The molecule has 0 aliphatic carbocycles. The van der Waals surface area contributed by atoms with Crippen molar-refractivity contribution in [2.24, 2.45) is 0 Å². The average Bonchev–Trinajstić information content (AvgIpc) is 2.59. The molecule has 1 aromatic carbocycles. The van der Waals surface area contributed by atoms with Crippen LogP contribution in [-0.4, -0.2) is 31.9 Å². The third-order valence-electron chi connectivity index (χ3n) is 2.67. The number of rotatable bonds is 2. The number of halogens is 1.